The summed E-state index contributed by atoms with van der Waals surface area (Å²) in [6, 6.07) is 0. The molecule has 2 atom stereocenters. The van der Waals surface area contributed by atoms with Gasteiger partial charge >= 0.3 is 5.97 Å². The molecule has 6 nitrogen and oxygen atoms in total. The Hall–Kier alpha value is -1.47. The molecule has 1 aromatic rings. The molecule has 1 aliphatic carbocycles. The van der Waals surface area contributed by atoms with E-state index in [9.17, 15) is 9.59 Å². The van der Waals surface area contributed by atoms with Gasteiger partial charge in [0.15, 0.2) is 5.69 Å². The van der Waals surface area contributed by atoms with Gasteiger partial charge in [0.2, 0.25) is 5.91 Å². The Morgan fingerprint density at radius 2 is 2.44 bits per heavy atom. The molecule has 1 aromatic heterocycles. The van der Waals surface area contributed by atoms with Crippen LogP contribution in [-0.2, 0) is 16.1 Å². The average molecular weight is 270 g/mol. The second-order valence-electron chi connectivity index (χ2n) is 3.99. The van der Waals surface area contributed by atoms with Crippen LogP contribution in [0, 0.1) is 5.92 Å². The van der Waals surface area contributed by atoms with E-state index in [4.69, 9.17) is 9.84 Å². The first kappa shape index (κ1) is 13.0. The molecule has 2 N–H and O–H groups in total. The summed E-state index contributed by atoms with van der Waals surface area (Å²) >= 11 is 1.23. The lowest BCUT2D eigenvalue weighted by atomic mass is 10.4. The highest BCUT2D eigenvalue weighted by Gasteiger charge is 2.43. The van der Waals surface area contributed by atoms with Crippen molar-refractivity contribution in [3.63, 3.8) is 0 Å². The number of hydrogen-bond acceptors (Lipinski definition) is 5. The molecule has 0 aliphatic heterocycles. The quantitative estimate of drug-likeness (QED) is 0.801. The van der Waals surface area contributed by atoms with Crippen LogP contribution in [0.15, 0.2) is 5.38 Å². The Kier molecular flexibility index (Phi) is 3.93. The smallest absolute Gasteiger partial charge is 0.355 e. The molecule has 2 rings (SSSR count). The topological polar surface area (TPSA) is 88.5 Å². The highest BCUT2D eigenvalue weighted by molar-refractivity contribution is 7.09. The molecular weight excluding hydrogens is 256 g/mol. The van der Waals surface area contributed by atoms with Crippen molar-refractivity contribution in [1.82, 2.24) is 10.3 Å². The van der Waals surface area contributed by atoms with E-state index in [-0.39, 0.29) is 30.2 Å². The largest absolute Gasteiger partial charge is 0.476 e. The number of aromatic nitrogens is 1. The minimum Gasteiger partial charge on any atom is -0.476 e. The molecule has 2 unspecified atom stereocenters. The molecule has 0 aromatic carbocycles. The average Bonchev–Trinajstić information content (AvgIpc) is 2.93. The van der Waals surface area contributed by atoms with Crippen LogP contribution in [0.1, 0.15) is 28.8 Å². The Morgan fingerprint density at radius 3 is 3.06 bits per heavy atom. The van der Waals surface area contributed by atoms with Gasteiger partial charge in [-0.3, -0.25) is 4.79 Å². The Bertz CT molecular complexity index is 460. The van der Waals surface area contributed by atoms with Gasteiger partial charge in [-0.05, 0) is 13.3 Å². The molecule has 98 valence electrons. The standard InChI is InChI=1S/C11H14N2O4S/c1-2-17-8-3-6(8)10(14)12-4-9-13-7(5-18-9)11(15)16/h5-6,8H,2-4H2,1H3,(H,12,14)(H,15,16). The zero-order valence-corrected chi connectivity index (χ0v) is 10.7. The zero-order chi connectivity index (χ0) is 13.1. The number of hydrogen-bond donors (Lipinski definition) is 2. The fourth-order valence-corrected chi connectivity index (χ4v) is 2.34. The van der Waals surface area contributed by atoms with E-state index in [1.54, 1.807) is 0 Å². The van der Waals surface area contributed by atoms with Gasteiger partial charge in [-0.1, -0.05) is 0 Å². The van der Waals surface area contributed by atoms with E-state index in [0.717, 1.165) is 6.42 Å². The molecule has 1 saturated carbocycles. The lowest BCUT2D eigenvalue weighted by Gasteiger charge is -2.02. The first-order valence-electron chi connectivity index (χ1n) is 5.68. The summed E-state index contributed by atoms with van der Waals surface area (Å²) in [7, 11) is 0. The molecule has 0 saturated heterocycles. The summed E-state index contributed by atoms with van der Waals surface area (Å²) < 4.78 is 5.32. The second-order valence-corrected chi connectivity index (χ2v) is 4.93. The van der Waals surface area contributed by atoms with Gasteiger partial charge in [-0.25, -0.2) is 9.78 Å². The summed E-state index contributed by atoms with van der Waals surface area (Å²) in [5.74, 6) is -1.17. The number of carboxylic acid groups (broad SMARTS) is 1. The number of nitrogens with one attached hydrogen (secondary N) is 1. The third kappa shape index (κ3) is 3.05. The second kappa shape index (κ2) is 5.45. The number of rotatable bonds is 6. The third-order valence-corrected chi connectivity index (χ3v) is 3.48. The Balaban J connectivity index is 1.77. The van der Waals surface area contributed by atoms with E-state index in [1.165, 1.54) is 16.7 Å². The van der Waals surface area contributed by atoms with Gasteiger partial charge in [-0.2, -0.15) is 0 Å². The molecule has 0 radical (unpaired) electrons. The molecule has 1 amide bonds. The first-order chi connectivity index (χ1) is 8.61. The SMILES string of the molecule is CCOC1CC1C(=O)NCc1nc(C(=O)O)cs1. The number of carbonyl (C=O) groups is 2. The summed E-state index contributed by atoms with van der Waals surface area (Å²) in [6.45, 7) is 2.78. The van der Waals surface area contributed by atoms with Crippen molar-refractivity contribution < 1.29 is 19.4 Å². The van der Waals surface area contributed by atoms with Crippen LogP contribution in [0.4, 0.5) is 0 Å². The van der Waals surface area contributed by atoms with Crippen molar-refractivity contribution in [2.24, 2.45) is 5.92 Å². The van der Waals surface area contributed by atoms with Crippen LogP contribution < -0.4 is 5.32 Å². The van der Waals surface area contributed by atoms with Crippen molar-refractivity contribution in [3.05, 3.63) is 16.1 Å². The molecule has 1 heterocycles. The van der Waals surface area contributed by atoms with Gasteiger partial charge in [0.05, 0.1) is 18.6 Å². The van der Waals surface area contributed by atoms with Crippen LogP contribution in [0.3, 0.4) is 0 Å². The fraction of sp³-hybridized carbons (Fsp3) is 0.545. The summed E-state index contributed by atoms with van der Waals surface area (Å²) in [6.07, 6.45) is 0.804. The Labute approximate surface area is 108 Å². The van der Waals surface area contributed by atoms with Gasteiger partial charge in [0.25, 0.3) is 0 Å². The summed E-state index contributed by atoms with van der Waals surface area (Å²) in [5.41, 5.74) is 0.0165. The molecule has 1 aliphatic rings. The third-order valence-electron chi connectivity index (χ3n) is 2.63. The number of nitrogens with zero attached hydrogens (tertiary/aromatic N) is 1. The van der Waals surface area contributed by atoms with E-state index >= 15 is 0 Å². The van der Waals surface area contributed by atoms with Crippen molar-refractivity contribution in [1.29, 1.82) is 0 Å². The molecule has 1 fully saturated rings. The maximum absolute atomic E-state index is 11.7. The van der Waals surface area contributed by atoms with Crippen LogP contribution in [0.2, 0.25) is 0 Å². The number of amides is 1. The van der Waals surface area contributed by atoms with E-state index in [2.05, 4.69) is 10.3 Å². The highest BCUT2D eigenvalue weighted by atomic mass is 32.1. The lowest BCUT2D eigenvalue weighted by molar-refractivity contribution is -0.123. The van der Waals surface area contributed by atoms with E-state index in [0.29, 0.717) is 11.6 Å². The predicted octanol–water partition coefficient (Wildman–Crippen LogP) is 0.883. The molecule has 18 heavy (non-hydrogen) atoms. The summed E-state index contributed by atoms with van der Waals surface area (Å²) in [5, 5.41) is 13.5. The minimum absolute atomic E-state index is 0.0165. The van der Waals surface area contributed by atoms with Gasteiger partial charge in [0, 0.05) is 12.0 Å². The fourth-order valence-electron chi connectivity index (χ4n) is 1.63. The first-order valence-corrected chi connectivity index (χ1v) is 6.56. The van der Waals surface area contributed by atoms with Crippen LogP contribution in [0.5, 0.6) is 0 Å². The number of thiazole rings is 1. The van der Waals surface area contributed by atoms with Gasteiger partial charge in [-0.15, -0.1) is 11.3 Å². The van der Waals surface area contributed by atoms with Gasteiger partial charge < -0.3 is 15.2 Å². The van der Waals surface area contributed by atoms with Crippen molar-refractivity contribution in [3.8, 4) is 0 Å². The minimum atomic E-state index is -1.05. The van der Waals surface area contributed by atoms with Crippen molar-refractivity contribution in [2.75, 3.05) is 6.61 Å². The highest BCUT2D eigenvalue weighted by Crippen LogP contribution is 2.33. The van der Waals surface area contributed by atoms with Crippen LogP contribution in [-0.4, -0.2) is 34.7 Å². The molecule has 0 bridgehead atoms. The zero-order valence-electron chi connectivity index (χ0n) is 9.88. The van der Waals surface area contributed by atoms with Crippen molar-refractivity contribution in [2.45, 2.75) is 26.0 Å². The molecule has 7 heteroatoms. The number of ether oxygens (including phenoxy) is 1. The van der Waals surface area contributed by atoms with E-state index in [1.807, 2.05) is 6.92 Å². The lowest BCUT2D eigenvalue weighted by Crippen LogP contribution is -2.26. The summed E-state index contributed by atoms with van der Waals surface area (Å²) in [4.78, 5) is 26.2. The number of carbonyl (C=O) groups excluding carboxylic acids is 1. The maximum Gasteiger partial charge on any atom is 0.355 e. The normalized spacial score (nSPS) is 21.6. The van der Waals surface area contributed by atoms with Crippen LogP contribution >= 0.6 is 11.3 Å². The van der Waals surface area contributed by atoms with Gasteiger partial charge in [0.1, 0.15) is 5.01 Å². The predicted molar refractivity (Wildman–Crippen MR) is 64.4 cm³/mol. The van der Waals surface area contributed by atoms with Crippen molar-refractivity contribution >= 4 is 23.2 Å². The monoisotopic (exact) mass is 270 g/mol. The number of carboxylic acids is 1. The van der Waals surface area contributed by atoms with Crippen LogP contribution in [0.25, 0.3) is 0 Å². The Morgan fingerprint density at radius 1 is 1.67 bits per heavy atom. The molecular formula is C11H14N2O4S. The molecule has 0 spiro atoms. The van der Waals surface area contributed by atoms with E-state index < -0.39 is 5.97 Å². The number of aromatic carboxylic acids is 1. The maximum atomic E-state index is 11.7.